The molecule has 0 radical (unpaired) electrons. The number of carbonyl (C=O) groups is 1. The van der Waals surface area contributed by atoms with Crippen LogP contribution in [0.3, 0.4) is 0 Å². The highest BCUT2D eigenvalue weighted by Gasteiger charge is 2.37. The number of amides is 1. The van der Waals surface area contributed by atoms with E-state index in [1.165, 1.54) is 25.7 Å². The van der Waals surface area contributed by atoms with Crippen molar-refractivity contribution in [1.29, 1.82) is 0 Å². The minimum absolute atomic E-state index is 0. The Labute approximate surface area is 181 Å². The van der Waals surface area contributed by atoms with E-state index in [-0.39, 0.29) is 36.8 Å². The van der Waals surface area contributed by atoms with E-state index in [9.17, 15) is 4.79 Å². The van der Waals surface area contributed by atoms with Gasteiger partial charge in [-0.1, -0.05) is 25.0 Å². The number of halogens is 2. The van der Waals surface area contributed by atoms with E-state index in [0.29, 0.717) is 18.5 Å². The summed E-state index contributed by atoms with van der Waals surface area (Å²) in [5.74, 6) is 1.73. The molecule has 1 heterocycles. The van der Waals surface area contributed by atoms with Crippen molar-refractivity contribution in [2.45, 2.75) is 57.2 Å². The third-order valence-corrected chi connectivity index (χ3v) is 5.59. The van der Waals surface area contributed by atoms with Crippen LogP contribution < -0.4 is 15.4 Å². The molecule has 28 heavy (non-hydrogen) atoms. The molecule has 2 N–H and O–H groups in total. The van der Waals surface area contributed by atoms with Gasteiger partial charge in [0, 0.05) is 19.1 Å². The second-order valence-corrected chi connectivity index (χ2v) is 7.97. The fourth-order valence-electron chi connectivity index (χ4n) is 4.11. The van der Waals surface area contributed by atoms with Gasteiger partial charge in [-0.05, 0) is 63.4 Å². The molecule has 0 aromatic heterocycles. The lowest BCUT2D eigenvalue weighted by molar-refractivity contribution is -0.123. The van der Waals surface area contributed by atoms with Gasteiger partial charge < -0.3 is 20.3 Å². The summed E-state index contributed by atoms with van der Waals surface area (Å²) in [7, 11) is 4.14. The standard InChI is InChI=1S/C21H33N3O2.2ClH/c1-24(2)12-5-13-26-18-10-8-16(9-11-18)15-22-21(25)20-14-17-6-3-4-7-19(17)23-20;;/h8-11,17,19-20,23H,3-7,12-15H2,1-2H3,(H,22,25);2*1H. The Morgan fingerprint density at radius 1 is 1.18 bits per heavy atom. The van der Waals surface area contributed by atoms with Gasteiger partial charge in [0.2, 0.25) is 5.91 Å². The third-order valence-electron chi connectivity index (χ3n) is 5.59. The fourth-order valence-corrected chi connectivity index (χ4v) is 4.11. The summed E-state index contributed by atoms with van der Waals surface area (Å²) in [4.78, 5) is 14.6. The van der Waals surface area contributed by atoms with Crippen LogP contribution in [0.15, 0.2) is 24.3 Å². The maximum absolute atomic E-state index is 12.5. The number of ether oxygens (including phenoxy) is 1. The molecule has 3 rings (SSSR count). The lowest BCUT2D eigenvalue weighted by atomic mass is 9.85. The van der Waals surface area contributed by atoms with E-state index in [4.69, 9.17) is 4.74 Å². The maximum atomic E-state index is 12.5. The lowest BCUT2D eigenvalue weighted by Crippen LogP contribution is -2.42. The quantitative estimate of drug-likeness (QED) is 0.619. The van der Waals surface area contributed by atoms with Crippen LogP contribution in [0.25, 0.3) is 0 Å². The van der Waals surface area contributed by atoms with Crippen molar-refractivity contribution in [2.24, 2.45) is 5.92 Å². The largest absolute Gasteiger partial charge is 0.494 e. The van der Waals surface area contributed by atoms with Crippen molar-refractivity contribution < 1.29 is 9.53 Å². The lowest BCUT2D eigenvalue weighted by Gasteiger charge is -2.24. The van der Waals surface area contributed by atoms with Crippen LogP contribution in [-0.2, 0) is 11.3 Å². The number of nitrogens with one attached hydrogen (secondary N) is 2. The first-order chi connectivity index (χ1) is 12.6. The molecule has 160 valence electrons. The maximum Gasteiger partial charge on any atom is 0.237 e. The molecular formula is C21H35Cl2N3O2. The number of carbonyl (C=O) groups excluding carboxylic acids is 1. The molecule has 1 aromatic rings. The Kier molecular flexibility index (Phi) is 11.2. The van der Waals surface area contributed by atoms with Gasteiger partial charge in [-0.3, -0.25) is 4.79 Å². The van der Waals surface area contributed by atoms with Crippen molar-refractivity contribution in [3.05, 3.63) is 29.8 Å². The van der Waals surface area contributed by atoms with Gasteiger partial charge in [0.15, 0.2) is 0 Å². The van der Waals surface area contributed by atoms with E-state index in [0.717, 1.165) is 37.3 Å². The zero-order chi connectivity index (χ0) is 18.4. The Morgan fingerprint density at radius 3 is 2.57 bits per heavy atom. The van der Waals surface area contributed by atoms with Crippen LogP contribution in [0.1, 0.15) is 44.1 Å². The third kappa shape index (κ3) is 7.43. The molecule has 0 bridgehead atoms. The van der Waals surface area contributed by atoms with Crippen LogP contribution >= 0.6 is 24.8 Å². The number of rotatable bonds is 8. The molecular weight excluding hydrogens is 397 g/mol. The smallest absolute Gasteiger partial charge is 0.237 e. The van der Waals surface area contributed by atoms with E-state index in [1.54, 1.807) is 0 Å². The molecule has 1 aromatic carbocycles. The van der Waals surface area contributed by atoms with E-state index in [1.807, 2.05) is 24.3 Å². The predicted octanol–water partition coefficient (Wildman–Crippen LogP) is 3.40. The second kappa shape index (κ2) is 12.5. The van der Waals surface area contributed by atoms with Gasteiger partial charge in [-0.15, -0.1) is 24.8 Å². The van der Waals surface area contributed by atoms with Crippen molar-refractivity contribution >= 4 is 30.7 Å². The van der Waals surface area contributed by atoms with Gasteiger partial charge in [0.05, 0.1) is 12.6 Å². The van der Waals surface area contributed by atoms with Gasteiger partial charge in [0.1, 0.15) is 5.75 Å². The molecule has 2 aliphatic rings. The Balaban J connectivity index is 0.00000196. The second-order valence-electron chi connectivity index (χ2n) is 7.97. The molecule has 5 nitrogen and oxygen atoms in total. The van der Waals surface area contributed by atoms with Crippen LogP contribution in [0.5, 0.6) is 5.75 Å². The first-order valence-corrected chi connectivity index (χ1v) is 10.0. The predicted molar refractivity (Wildman–Crippen MR) is 119 cm³/mol. The van der Waals surface area contributed by atoms with Gasteiger partial charge >= 0.3 is 0 Å². The first-order valence-electron chi connectivity index (χ1n) is 10.0. The zero-order valence-electron chi connectivity index (χ0n) is 17.0. The van der Waals surface area contributed by atoms with Crippen molar-refractivity contribution in [3.63, 3.8) is 0 Å². The molecule has 3 unspecified atom stereocenters. The highest BCUT2D eigenvalue weighted by atomic mass is 35.5. The molecule has 2 fully saturated rings. The molecule has 3 atom stereocenters. The summed E-state index contributed by atoms with van der Waals surface area (Å²) < 4.78 is 5.75. The Hall–Kier alpha value is -1.01. The highest BCUT2D eigenvalue weighted by Crippen LogP contribution is 2.33. The molecule has 1 aliphatic heterocycles. The minimum Gasteiger partial charge on any atom is -0.494 e. The average molecular weight is 432 g/mol. The summed E-state index contributed by atoms with van der Waals surface area (Å²) in [5.41, 5.74) is 1.11. The summed E-state index contributed by atoms with van der Waals surface area (Å²) >= 11 is 0. The Bertz CT molecular complexity index is 570. The molecule has 7 heteroatoms. The summed E-state index contributed by atoms with van der Waals surface area (Å²) in [6.07, 6.45) is 7.13. The van der Waals surface area contributed by atoms with Crippen LogP contribution in [-0.4, -0.2) is 50.1 Å². The van der Waals surface area contributed by atoms with Crippen LogP contribution in [0.2, 0.25) is 0 Å². The summed E-state index contributed by atoms with van der Waals surface area (Å²) in [6.45, 7) is 2.33. The topological polar surface area (TPSA) is 53.6 Å². The average Bonchev–Trinajstić information content (AvgIpc) is 3.08. The molecule has 1 amide bonds. The molecule has 1 aliphatic carbocycles. The van der Waals surface area contributed by atoms with Gasteiger partial charge in [-0.25, -0.2) is 0 Å². The minimum atomic E-state index is -0.0117. The van der Waals surface area contributed by atoms with Crippen molar-refractivity contribution in [2.75, 3.05) is 27.2 Å². The van der Waals surface area contributed by atoms with Crippen molar-refractivity contribution in [1.82, 2.24) is 15.5 Å². The number of fused-ring (bicyclic) bond motifs is 1. The first kappa shape index (κ1) is 25.0. The van der Waals surface area contributed by atoms with Gasteiger partial charge in [0.25, 0.3) is 0 Å². The highest BCUT2D eigenvalue weighted by molar-refractivity contribution is 5.85. The normalized spacial score (nSPS) is 23.3. The molecule has 1 saturated heterocycles. The number of hydrogen-bond donors (Lipinski definition) is 2. The number of benzene rings is 1. The van der Waals surface area contributed by atoms with Gasteiger partial charge in [-0.2, -0.15) is 0 Å². The van der Waals surface area contributed by atoms with E-state index >= 15 is 0 Å². The van der Waals surface area contributed by atoms with E-state index in [2.05, 4.69) is 29.6 Å². The SMILES string of the molecule is CN(C)CCCOc1ccc(CNC(=O)C2CC3CCCCC3N2)cc1.Cl.Cl. The fraction of sp³-hybridized carbons (Fsp3) is 0.667. The number of nitrogens with zero attached hydrogens (tertiary/aromatic N) is 1. The zero-order valence-corrected chi connectivity index (χ0v) is 18.6. The molecule has 0 spiro atoms. The molecule has 1 saturated carbocycles. The summed E-state index contributed by atoms with van der Waals surface area (Å²) in [5, 5.41) is 6.63. The van der Waals surface area contributed by atoms with Crippen molar-refractivity contribution in [3.8, 4) is 5.75 Å². The monoisotopic (exact) mass is 431 g/mol. The Morgan fingerprint density at radius 2 is 1.89 bits per heavy atom. The summed E-state index contributed by atoms with van der Waals surface area (Å²) in [6, 6.07) is 8.58. The van der Waals surface area contributed by atoms with E-state index < -0.39 is 0 Å². The van der Waals surface area contributed by atoms with Crippen LogP contribution in [0.4, 0.5) is 0 Å². The van der Waals surface area contributed by atoms with Crippen LogP contribution in [0, 0.1) is 5.92 Å². The number of hydrogen-bond acceptors (Lipinski definition) is 4.